The van der Waals surface area contributed by atoms with Crippen LogP contribution in [0.5, 0.6) is 0 Å². The van der Waals surface area contributed by atoms with Gasteiger partial charge < -0.3 is 20.4 Å². The summed E-state index contributed by atoms with van der Waals surface area (Å²) in [6.07, 6.45) is -2.29. The summed E-state index contributed by atoms with van der Waals surface area (Å²) in [5.41, 5.74) is 0. The largest absolute Gasteiger partial charge is 0.481 e. The Hall–Kier alpha value is -2.25. The number of hydrogen-bond acceptors (Lipinski definition) is 6. The van der Waals surface area contributed by atoms with Gasteiger partial charge in [-0.15, -0.1) is 0 Å². The van der Waals surface area contributed by atoms with Crippen molar-refractivity contribution in [2.75, 3.05) is 0 Å². The summed E-state index contributed by atoms with van der Waals surface area (Å²) in [4.78, 5) is 42.3. The molecule has 0 heterocycles. The third-order valence-electron chi connectivity index (χ3n) is 2.22. The minimum Gasteiger partial charge on any atom is -0.481 e. The van der Waals surface area contributed by atoms with Crippen LogP contribution in [-0.2, 0) is 29.4 Å². The Morgan fingerprint density at radius 3 is 1.64 bits per heavy atom. The van der Waals surface area contributed by atoms with Gasteiger partial charge in [-0.05, 0) is 6.42 Å². The van der Waals surface area contributed by atoms with E-state index >= 15 is 0 Å². The molecule has 13 heteroatoms. The zero-order valence-electron chi connectivity index (χ0n) is 10.9. The second-order valence-electron chi connectivity index (χ2n) is 4.05. The molecule has 0 saturated carbocycles. The Balaban J connectivity index is 4.95. The molecule has 0 aliphatic heterocycles. The number of carboxylic acid groups (broad SMARTS) is 4. The van der Waals surface area contributed by atoms with Crippen LogP contribution in [0.4, 0.5) is 0 Å². The molecule has 1 unspecified atom stereocenters. The number of rotatable bonds is 11. The normalized spacial score (nSPS) is 14.0. The summed E-state index contributed by atoms with van der Waals surface area (Å²) < 4.78 is 26.2. The van der Waals surface area contributed by atoms with Crippen LogP contribution in [0.1, 0.15) is 19.3 Å². The van der Waals surface area contributed by atoms with Gasteiger partial charge in [-0.3, -0.25) is 19.2 Å². The Morgan fingerprint density at radius 1 is 0.818 bits per heavy atom. The first kappa shape index (κ1) is 19.8. The topological polar surface area (TPSA) is 207 Å². The summed E-state index contributed by atoms with van der Waals surface area (Å²) in [6, 6.07) is -3.82. The molecule has 0 rings (SSSR count). The second kappa shape index (κ2) is 8.26. The van der Waals surface area contributed by atoms with Gasteiger partial charge >= 0.3 is 23.9 Å². The fourth-order valence-electron chi connectivity index (χ4n) is 1.26. The van der Waals surface area contributed by atoms with E-state index in [1.54, 1.807) is 4.72 Å². The summed E-state index contributed by atoms with van der Waals surface area (Å²) in [6.45, 7) is 0. The van der Waals surface area contributed by atoms with Gasteiger partial charge in [0.15, 0.2) is 0 Å². The highest BCUT2D eigenvalue weighted by molar-refractivity contribution is 7.87. The Kier molecular flexibility index (Phi) is 7.41. The maximum Gasteiger partial charge on any atom is 0.322 e. The van der Waals surface area contributed by atoms with E-state index in [9.17, 15) is 27.6 Å². The van der Waals surface area contributed by atoms with Gasteiger partial charge in [0.05, 0.1) is 6.42 Å². The van der Waals surface area contributed by atoms with E-state index in [-0.39, 0.29) is 0 Å². The summed E-state index contributed by atoms with van der Waals surface area (Å²) >= 11 is 0. The van der Waals surface area contributed by atoms with Crippen molar-refractivity contribution in [1.82, 2.24) is 9.44 Å². The molecule has 0 fully saturated rings. The van der Waals surface area contributed by atoms with Gasteiger partial charge in [0.25, 0.3) is 10.2 Å². The summed E-state index contributed by atoms with van der Waals surface area (Å²) in [5.74, 6) is -6.38. The molecule has 0 spiro atoms. The Morgan fingerprint density at radius 2 is 1.27 bits per heavy atom. The van der Waals surface area contributed by atoms with Crippen molar-refractivity contribution in [3.8, 4) is 0 Å². The van der Waals surface area contributed by atoms with E-state index in [2.05, 4.69) is 0 Å². The van der Waals surface area contributed by atoms with Crippen molar-refractivity contribution in [2.45, 2.75) is 31.3 Å². The molecule has 0 amide bonds. The molecule has 0 aliphatic carbocycles. The third-order valence-corrected chi connectivity index (χ3v) is 3.41. The Labute approximate surface area is 123 Å². The molecule has 0 aromatic heterocycles. The van der Waals surface area contributed by atoms with Crippen LogP contribution in [0.15, 0.2) is 0 Å². The van der Waals surface area contributed by atoms with Crippen LogP contribution in [0.25, 0.3) is 0 Å². The van der Waals surface area contributed by atoms with Crippen LogP contribution in [-0.4, -0.2) is 64.8 Å². The fourth-order valence-corrected chi connectivity index (χ4v) is 2.48. The highest BCUT2D eigenvalue weighted by Crippen LogP contribution is 2.02. The van der Waals surface area contributed by atoms with Crippen molar-refractivity contribution in [2.24, 2.45) is 0 Å². The first-order valence-corrected chi connectivity index (χ1v) is 7.11. The zero-order chi connectivity index (χ0) is 17.5. The number of carboxylic acids is 4. The number of nitrogens with one attached hydrogen (secondary N) is 2. The van der Waals surface area contributed by atoms with Gasteiger partial charge in [0.1, 0.15) is 12.1 Å². The molecular weight excluding hydrogens is 328 g/mol. The summed E-state index contributed by atoms with van der Waals surface area (Å²) in [5, 5.41) is 34.4. The molecule has 6 N–H and O–H groups in total. The van der Waals surface area contributed by atoms with E-state index in [1.165, 1.54) is 4.72 Å². The van der Waals surface area contributed by atoms with E-state index in [0.717, 1.165) is 0 Å². The number of aliphatic carboxylic acids is 4. The van der Waals surface area contributed by atoms with Gasteiger partial charge in [0.2, 0.25) is 0 Å². The van der Waals surface area contributed by atoms with Gasteiger partial charge in [0, 0.05) is 6.42 Å². The van der Waals surface area contributed by atoms with E-state index in [1.807, 2.05) is 0 Å². The molecule has 0 aromatic rings. The summed E-state index contributed by atoms with van der Waals surface area (Å²) in [7, 11) is -4.68. The minimum absolute atomic E-state index is 0.581. The molecule has 0 aromatic carbocycles. The maximum absolute atomic E-state index is 11.6. The standard InChI is InChI=1S/C9H14N2O10S/c12-6(13)2-1-4(8(16)17)10-22(20,21)11-5(9(18)19)3-7(14)15/h4-5,10-11H,1-3H2,(H,12,13)(H,14,15)(H,16,17)(H,18,19)/t4?,5-/m0/s1. The zero-order valence-corrected chi connectivity index (χ0v) is 11.7. The predicted octanol–water partition coefficient (Wildman–Crippen LogP) is -2.34. The van der Waals surface area contributed by atoms with Crippen molar-refractivity contribution in [3.05, 3.63) is 0 Å². The number of carbonyl (C=O) groups is 4. The lowest BCUT2D eigenvalue weighted by atomic mass is 10.2. The molecule has 12 nitrogen and oxygen atoms in total. The van der Waals surface area contributed by atoms with E-state index in [0.29, 0.717) is 0 Å². The average molecular weight is 342 g/mol. The van der Waals surface area contributed by atoms with Gasteiger partial charge in [-0.1, -0.05) is 0 Å². The first-order valence-electron chi connectivity index (χ1n) is 5.63. The third kappa shape index (κ3) is 8.13. The second-order valence-corrected chi connectivity index (χ2v) is 5.53. The van der Waals surface area contributed by atoms with Crippen LogP contribution < -0.4 is 9.44 Å². The molecule has 22 heavy (non-hydrogen) atoms. The van der Waals surface area contributed by atoms with Crippen molar-refractivity contribution in [3.63, 3.8) is 0 Å². The average Bonchev–Trinajstić information content (AvgIpc) is 2.32. The molecule has 0 saturated heterocycles. The number of hydrogen-bond donors (Lipinski definition) is 6. The van der Waals surface area contributed by atoms with Crippen LogP contribution >= 0.6 is 0 Å². The van der Waals surface area contributed by atoms with Crippen molar-refractivity contribution < 1.29 is 48.0 Å². The smallest absolute Gasteiger partial charge is 0.322 e. The lowest BCUT2D eigenvalue weighted by Crippen LogP contribution is -2.51. The lowest BCUT2D eigenvalue weighted by Gasteiger charge is -2.17. The molecule has 0 radical (unpaired) electrons. The van der Waals surface area contributed by atoms with Crippen LogP contribution in [0.2, 0.25) is 0 Å². The van der Waals surface area contributed by atoms with Gasteiger partial charge in [-0.25, -0.2) is 0 Å². The Bertz CT molecular complexity index is 557. The van der Waals surface area contributed by atoms with Crippen LogP contribution in [0, 0.1) is 0 Å². The van der Waals surface area contributed by atoms with Crippen molar-refractivity contribution >= 4 is 34.1 Å². The molecule has 0 bridgehead atoms. The maximum atomic E-state index is 11.6. The monoisotopic (exact) mass is 342 g/mol. The lowest BCUT2D eigenvalue weighted by molar-refractivity contribution is -0.145. The van der Waals surface area contributed by atoms with Crippen molar-refractivity contribution in [1.29, 1.82) is 0 Å². The molecule has 2 atom stereocenters. The first-order chi connectivity index (χ1) is 9.94. The highest BCUT2D eigenvalue weighted by atomic mass is 32.2. The molecular formula is C9H14N2O10S. The quantitative estimate of drug-likeness (QED) is 0.235. The highest BCUT2D eigenvalue weighted by Gasteiger charge is 2.30. The molecule has 0 aliphatic rings. The fraction of sp³-hybridized carbons (Fsp3) is 0.556. The predicted molar refractivity (Wildman–Crippen MR) is 67.2 cm³/mol. The molecule has 126 valence electrons. The van der Waals surface area contributed by atoms with E-state index < -0.39 is 65.4 Å². The van der Waals surface area contributed by atoms with E-state index in [4.69, 9.17) is 20.4 Å². The minimum atomic E-state index is -4.68. The SMILES string of the molecule is O=C(O)CCC(NS(=O)(=O)N[C@@H](CC(=O)O)C(=O)O)C(=O)O. The van der Waals surface area contributed by atoms with Gasteiger partial charge in [-0.2, -0.15) is 17.9 Å². The van der Waals surface area contributed by atoms with Crippen LogP contribution in [0.3, 0.4) is 0 Å².